The molecule has 1 aliphatic carbocycles. The van der Waals surface area contributed by atoms with Crippen LogP contribution in [0.5, 0.6) is 0 Å². The fourth-order valence-corrected chi connectivity index (χ4v) is 3.39. The summed E-state index contributed by atoms with van der Waals surface area (Å²) in [5.74, 6) is 2.12. The van der Waals surface area contributed by atoms with Gasteiger partial charge in [0.25, 0.3) is 0 Å². The van der Waals surface area contributed by atoms with Crippen molar-refractivity contribution >= 4 is 11.0 Å². The molecule has 2 unspecified atom stereocenters. The van der Waals surface area contributed by atoms with Gasteiger partial charge >= 0.3 is 0 Å². The number of nitrogens with zero attached hydrogens (tertiary/aromatic N) is 2. The summed E-state index contributed by atoms with van der Waals surface area (Å²) in [5, 5.41) is 0. The van der Waals surface area contributed by atoms with Crippen molar-refractivity contribution in [2.45, 2.75) is 52.0 Å². The minimum absolute atomic E-state index is 0.663. The Morgan fingerprint density at radius 1 is 1.28 bits per heavy atom. The van der Waals surface area contributed by atoms with Gasteiger partial charge < -0.3 is 4.57 Å². The number of para-hydroxylation sites is 2. The van der Waals surface area contributed by atoms with Crippen LogP contribution in [0.25, 0.3) is 11.0 Å². The Hall–Kier alpha value is -1.31. The van der Waals surface area contributed by atoms with E-state index in [0.717, 1.165) is 17.9 Å². The summed E-state index contributed by atoms with van der Waals surface area (Å²) in [5.41, 5.74) is 2.49. The van der Waals surface area contributed by atoms with Crippen molar-refractivity contribution in [2.75, 3.05) is 0 Å². The molecule has 1 fully saturated rings. The number of imidazole rings is 1. The molecule has 0 bridgehead atoms. The SMILES string of the molecule is CCc1nc2ccccc2n1C1CCCC(C)C1. The van der Waals surface area contributed by atoms with Crippen LogP contribution >= 0.6 is 0 Å². The van der Waals surface area contributed by atoms with Gasteiger partial charge in [-0.3, -0.25) is 0 Å². The lowest BCUT2D eigenvalue weighted by Gasteiger charge is -2.29. The summed E-state index contributed by atoms with van der Waals surface area (Å²) in [6.45, 7) is 4.60. The number of fused-ring (bicyclic) bond motifs is 1. The minimum atomic E-state index is 0.663. The first-order valence-corrected chi connectivity index (χ1v) is 7.25. The van der Waals surface area contributed by atoms with Gasteiger partial charge in [0.15, 0.2) is 0 Å². The van der Waals surface area contributed by atoms with Gasteiger partial charge in [-0.15, -0.1) is 0 Å². The molecule has 1 aromatic carbocycles. The Balaban J connectivity index is 2.08. The van der Waals surface area contributed by atoms with Gasteiger partial charge in [0.2, 0.25) is 0 Å². The zero-order chi connectivity index (χ0) is 12.5. The molecule has 0 aliphatic heterocycles. The maximum atomic E-state index is 4.79. The summed E-state index contributed by atoms with van der Waals surface area (Å²) < 4.78 is 2.52. The smallest absolute Gasteiger partial charge is 0.109 e. The molecule has 2 heteroatoms. The maximum absolute atomic E-state index is 4.79. The van der Waals surface area contributed by atoms with Crippen LogP contribution in [0.4, 0.5) is 0 Å². The summed E-state index contributed by atoms with van der Waals surface area (Å²) in [4.78, 5) is 4.79. The predicted molar refractivity (Wildman–Crippen MR) is 75.8 cm³/mol. The first kappa shape index (κ1) is 11.8. The highest BCUT2D eigenvalue weighted by atomic mass is 15.1. The minimum Gasteiger partial charge on any atom is -0.325 e. The van der Waals surface area contributed by atoms with E-state index in [1.54, 1.807) is 0 Å². The number of hydrogen-bond acceptors (Lipinski definition) is 1. The Kier molecular flexibility index (Phi) is 3.11. The predicted octanol–water partition coefficient (Wildman–Crippen LogP) is 4.35. The molecule has 0 spiro atoms. The molecule has 2 nitrogen and oxygen atoms in total. The molecule has 1 saturated carbocycles. The zero-order valence-electron chi connectivity index (χ0n) is 11.4. The van der Waals surface area contributed by atoms with Crippen molar-refractivity contribution in [1.29, 1.82) is 0 Å². The number of aromatic nitrogens is 2. The van der Waals surface area contributed by atoms with E-state index in [4.69, 9.17) is 4.98 Å². The zero-order valence-corrected chi connectivity index (χ0v) is 11.4. The highest BCUT2D eigenvalue weighted by molar-refractivity contribution is 5.76. The lowest BCUT2D eigenvalue weighted by molar-refractivity contribution is 0.282. The van der Waals surface area contributed by atoms with Crippen LogP contribution < -0.4 is 0 Å². The maximum Gasteiger partial charge on any atom is 0.109 e. The molecule has 0 radical (unpaired) electrons. The second-order valence-electron chi connectivity index (χ2n) is 5.67. The first-order valence-electron chi connectivity index (χ1n) is 7.25. The summed E-state index contributed by atoms with van der Waals surface area (Å²) in [6, 6.07) is 9.24. The van der Waals surface area contributed by atoms with Crippen LogP contribution in [0.1, 0.15) is 51.4 Å². The van der Waals surface area contributed by atoms with E-state index >= 15 is 0 Å². The van der Waals surface area contributed by atoms with Gasteiger partial charge in [-0.1, -0.05) is 38.8 Å². The van der Waals surface area contributed by atoms with Gasteiger partial charge in [0, 0.05) is 12.5 Å². The van der Waals surface area contributed by atoms with Crippen LogP contribution in [-0.2, 0) is 6.42 Å². The molecule has 1 aliphatic rings. The van der Waals surface area contributed by atoms with Crippen LogP contribution in [0.15, 0.2) is 24.3 Å². The van der Waals surface area contributed by atoms with Gasteiger partial charge in [-0.2, -0.15) is 0 Å². The van der Waals surface area contributed by atoms with Crippen molar-refractivity contribution < 1.29 is 0 Å². The summed E-state index contributed by atoms with van der Waals surface area (Å²) in [6.07, 6.45) is 6.41. The van der Waals surface area contributed by atoms with Gasteiger partial charge in [0.05, 0.1) is 11.0 Å². The normalized spacial score (nSPS) is 24.6. The lowest BCUT2D eigenvalue weighted by atomic mass is 9.87. The second kappa shape index (κ2) is 4.75. The number of benzene rings is 1. The monoisotopic (exact) mass is 242 g/mol. The average molecular weight is 242 g/mol. The van der Waals surface area contributed by atoms with Crippen molar-refractivity contribution in [3.05, 3.63) is 30.1 Å². The van der Waals surface area contributed by atoms with Gasteiger partial charge in [0.1, 0.15) is 5.82 Å². The molecular weight excluding hydrogens is 220 g/mol. The van der Waals surface area contributed by atoms with Gasteiger partial charge in [-0.05, 0) is 30.9 Å². The summed E-state index contributed by atoms with van der Waals surface area (Å²) >= 11 is 0. The van der Waals surface area contributed by atoms with Crippen LogP contribution in [-0.4, -0.2) is 9.55 Å². The molecule has 0 amide bonds. The van der Waals surface area contributed by atoms with Crippen molar-refractivity contribution in [3.8, 4) is 0 Å². The fraction of sp³-hybridized carbons (Fsp3) is 0.562. The quantitative estimate of drug-likeness (QED) is 0.765. The molecule has 2 aromatic rings. The van der Waals surface area contributed by atoms with E-state index in [1.165, 1.54) is 37.0 Å². The first-order chi connectivity index (χ1) is 8.79. The molecule has 2 atom stereocenters. The average Bonchev–Trinajstić information content (AvgIpc) is 2.77. The molecule has 1 heterocycles. The fourth-order valence-electron chi connectivity index (χ4n) is 3.39. The third kappa shape index (κ3) is 1.94. The number of rotatable bonds is 2. The Bertz CT molecular complexity index is 541. The molecule has 96 valence electrons. The van der Waals surface area contributed by atoms with E-state index in [2.05, 4.69) is 42.7 Å². The van der Waals surface area contributed by atoms with Crippen LogP contribution in [0, 0.1) is 5.92 Å². The van der Waals surface area contributed by atoms with Crippen LogP contribution in [0.3, 0.4) is 0 Å². The van der Waals surface area contributed by atoms with Crippen molar-refractivity contribution in [1.82, 2.24) is 9.55 Å². The molecular formula is C16H22N2. The molecule has 18 heavy (non-hydrogen) atoms. The Morgan fingerprint density at radius 2 is 2.11 bits per heavy atom. The number of aryl methyl sites for hydroxylation is 1. The van der Waals surface area contributed by atoms with E-state index in [-0.39, 0.29) is 0 Å². The Morgan fingerprint density at radius 3 is 2.89 bits per heavy atom. The van der Waals surface area contributed by atoms with E-state index in [0.29, 0.717) is 6.04 Å². The molecule has 1 aromatic heterocycles. The highest BCUT2D eigenvalue weighted by Crippen LogP contribution is 2.35. The topological polar surface area (TPSA) is 17.8 Å². The van der Waals surface area contributed by atoms with Gasteiger partial charge in [-0.25, -0.2) is 4.98 Å². The summed E-state index contributed by atoms with van der Waals surface area (Å²) in [7, 11) is 0. The Labute approximate surface area is 109 Å². The van der Waals surface area contributed by atoms with E-state index in [9.17, 15) is 0 Å². The highest BCUT2D eigenvalue weighted by Gasteiger charge is 2.23. The molecule has 0 saturated heterocycles. The second-order valence-corrected chi connectivity index (χ2v) is 5.67. The molecule has 0 N–H and O–H groups in total. The van der Waals surface area contributed by atoms with Crippen molar-refractivity contribution in [3.63, 3.8) is 0 Å². The van der Waals surface area contributed by atoms with Crippen molar-refractivity contribution in [2.24, 2.45) is 5.92 Å². The standard InChI is InChI=1S/C16H22N2/c1-3-16-17-14-9-4-5-10-15(14)18(16)13-8-6-7-12(2)11-13/h4-5,9-10,12-13H,3,6-8,11H2,1-2H3. The number of hydrogen-bond donors (Lipinski definition) is 0. The van der Waals surface area contributed by atoms with Crippen LogP contribution in [0.2, 0.25) is 0 Å². The third-order valence-electron chi connectivity index (χ3n) is 4.26. The molecule has 3 rings (SSSR count). The third-order valence-corrected chi connectivity index (χ3v) is 4.26. The largest absolute Gasteiger partial charge is 0.325 e. The lowest BCUT2D eigenvalue weighted by Crippen LogP contribution is -2.19. The van der Waals surface area contributed by atoms with E-state index in [1.807, 2.05) is 0 Å². The van der Waals surface area contributed by atoms with E-state index < -0.39 is 0 Å².